The fraction of sp³-hybridized carbons (Fsp3) is 0.333. The van der Waals surface area contributed by atoms with E-state index in [9.17, 15) is 8.42 Å². The number of nitrogens with one attached hydrogen (secondary N) is 1. The van der Waals surface area contributed by atoms with Crippen LogP contribution in [0.25, 0.3) is 11.5 Å². The summed E-state index contributed by atoms with van der Waals surface area (Å²) in [6.45, 7) is 1.98. The van der Waals surface area contributed by atoms with E-state index in [0.717, 1.165) is 11.1 Å². The summed E-state index contributed by atoms with van der Waals surface area (Å²) >= 11 is 0. The van der Waals surface area contributed by atoms with Crippen LogP contribution in [0.15, 0.2) is 28.7 Å². The molecule has 0 aliphatic carbocycles. The number of sulfone groups is 1. The average molecular weight is 317 g/mol. The Morgan fingerprint density at radius 2 is 2.09 bits per heavy atom. The molecule has 22 heavy (non-hydrogen) atoms. The van der Waals surface area contributed by atoms with Gasteiger partial charge in [0.25, 0.3) is 0 Å². The summed E-state index contributed by atoms with van der Waals surface area (Å²) in [4.78, 5) is 4.17. The monoisotopic (exact) mass is 317 g/mol. The van der Waals surface area contributed by atoms with Crippen molar-refractivity contribution in [2.75, 3.05) is 16.8 Å². The molecule has 1 aromatic heterocycles. The molecule has 1 atom stereocenters. The van der Waals surface area contributed by atoms with E-state index >= 15 is 0 Å². The van der Waals surface area contributed by atoms with E-state index in [1.54, 1.807) is 0 Å². The fourth-order valence-electron chi connectivity index (χ4n) is 2.41. The number of oxazole rings is 1. The van der Waals surface area contributed by atoms with Gasteiger partial charge in [-0.25, -0.2) is 8.42 Å². The van der Waals surface area contributed by atoms with Gasteiger partial charge in [0.15, 0.2) is 9.84 Å². The Bertz CT molecular complexity index is 832. The number of nitriles is 1. The predicted octanol–water partition coefficient (Wildman–Crippen LogP) is 2.12. The highest BCUT2D eigenvalue weighted by Crippen LogP contribution is 2.27. The van der Waals surface area contributed by atoms with E-state index < -0.39 is 9.84 Å². The highest BCUT2D eigenvalue weighted by molar-refractivity contribution is 7.91. The number of hydrogen-bond donors (Lipinski definition) is 1. The van der Waals surface area contributed by atoms with Gasteiger partial charge in [0.05, 0.1) is 11.5 Å². The van der Waals surface area contributed by atoms with E-state index in [1.807, 2.05) is 37.3 Å². The van der Waals surface area contributed by atoms with Gasteiger partial charge in [0, 0.05) is 11.6 Å². The summed E-state index contributed by atoms with van der Waals surface area (Å²) < 4.78 is 28.6. The van der Waals surface area contributed by atoms with Crippen molar-refractivity contribution < 1.29 is 12.8 Å². The quantitative estimate of drug-likeness (QED) is 0.931. The molecule has 1 saturated heterocycles. The molecule has 1 aromatic carbocycles. The van der Waals surface area contributed by atoms with E-state index in [2.05, 4.69) is 10.3 Å². The number of anilines is 1. The molecular formula is C15H15N3O3S. The lowest BCUT2D eigenvalue weighted by Crippen LogP contribution is -2.20. The van der Waals surface area contributed by atoms with Gasteiger partial charge in [-0.05, 0) is 25.5 Å². The van der Waals surface area contributed by atoms with Crippen LogP contribution in [0.3, 0.4) is 0 Å². The molecule has 6 nitrogen and oxygen atoms in total. The van der Waals surface area contributed by atoms with Crippen LogP contribution in [0.5, 0.6) is 0 Å². The summed E-state index contributed by atoms with van der Waals surface area (Å²) in [5, 5.41) is 12.2. The molecule has 114 valence electrons. The minimum absolute atomic E-state index is 0.0540. The molecule has 0 spiro atoms. The first-order valence-electron chi connectivity index (χ1n) is 6.92. The van der Waals surface area contributed by atoms with Gasteiger partial charge in [-0.3, -0.25) is 0 Å². The maximum absolute atomic E-state index is 11.5. The zero-order valence-corrected chi connectivity index (χ0v) is 12.9. The van der Waals surface area contributed by atoms with Crippen molar-refractivity contribution in [1.82, 2.24) is 4.98 Å². The number of nitrogens with zero attached hydrogens (tertiary/aromatic N) is 2. The standard InChI is InChI=1S/C15H15N3O3S/c1-10-2-4-11(5-3-10)14-18-13(8-16)15(21-14)17-12-6-7-22(19,20)9-12/h2-5,12,17H,6-7,9H2,1H3/t12-/m0/s1. The third-order valence-corrected chi connectivity index (χ3v) is 5.37. The third kappa shape index (κ3) is 2.97. The molecule has 1 N–H and O–H groups in total. The summed E-state index contributed by atoms with van der Waals surface area (Å²) in [6, 6.07) is 9.34. The second-order valence-corrected chi connectivity index (χ2v) is 7.65. The minimum atomic E-state index is -2.99. The lowest BCUT2D eigenvalue weighted by Gasteiger charge is -2.08. The third-order valence-electron chi connectivity index (χ3n) is 3.60. The van der Waals surface area contributed by atoms with Crippen molar-refractivity contribution in [3.8, 4) is 17.5 Å². The van der Waals surface area contributed by atoms with Crippen molar-refractivity contribution in [1.29, 1.82) is 5.26 Å². The summed E-state index contributed by atoms with van der Waals surface area (Å²) in [5.41, 5.74) is 2.03. The Kier molecular flexibility index (Phi) is 3.62. The first kappa shape index (κ1) is 14.6. The maximum Gasteiger partial charge on any atom is 0.232 e. The summed E-state index contributed by atoms with van der Waals surface area (Å²) in [6.07, 6.45) is 0.508. The van der Waals surface area contributed by atoms with Crippen LogP contribution >= 0.6 is 0 Å². The molecule has 0 saturated carbocycles. The molecule has 1 aliphatic heterocycles. The molecule has 3 rings (SSSR count). The second-order valence-electron chi connectivity index (χ2n) is 5.42. The first-order valence-corrected chi connectivity index (χ1v) is 8.74. The number of benzene rings is 1. The zero-order valence-electron chi connectivity index (χ0n) is 12.0. The normalized spacial score (nSPS) is 19.7. The largest absolute Gasteiger partial charge is 0.419 e. The summed E-state index contributed by atoms with van der Waals surface area (Å²) in [7, 11) is -2.99. The number of aromatic nitrogens is 1. The molecule has 0 bridgehead atoms. The first-order chi connectivity index (χ1) is 10.5. The zero-order chi connectivity index (χ0) is 15.7. The lowest BCUT2D eigenvalue weighted by atomic mass is 10.1. The van der Waals surface area contributed by atoms with Crippen molar-refractivity contribution in [2.24, 2.45) is 0 Å². The Balaban J connectivity index is 1.86. The average Bonchev–Trinajstić information content (AvgIpc) is 3.03. The smallest absolute Gasteiger partial charge is 0.232 e. The van der Waals surface area contributed by atoms with Crippen LogP contribution in [0.2, 0.25) is 0 Å². The van der Waals surface area contributed by atoms with E-state index in [-0.39, 0.29) is 29.1 Å². The number of hydrogen-bond acceptors (Lipinski definition) is 6. The van der Waals surface area contributed by atoms with E-state index in [1.165, 1.54) is 0 Å². The van der Waals surface area contributed by atoms with Crippen LogP contribution < -0.4 is 5.32 Å². The molecule has 0 unspecified atom stereocenters. The van der Waals surface area contributed by atoms with Crippen molar-refractivity contribution in [3.63, 3.8) is 0 Å². The van der Waals surface area contributed by atoms with Gasteiger partial charge >= 0.3 is 0 Å². The molecule has 7 heteroatoms. The van der Waals surface area contributed by atoms with Gasteiger partial charge in [-0.2, -0.15) is 10.2 Å². The van der Waals surface area contributed by atoms with E-state index in [4.69, 9.17) is 9.68 Å². The highest BCUT2D eigenvalue weighted by atomic mass is 32.2. The van der Waals surface area contributed by atoms with Crippen LogP contribution in [0.1, 0.15) is 17.7 Å². The summed E-state index contributed by atoms with van der Waals surface area (Å²) in [5.74, 6) is 0.796. The highest BCUT2D eigenvalue weighted by Gasteiger charge is 2.29. The molecule has 1 aliphatic rings. The van der Waals surface area contributed by atoms with Crippen LogP contribution in [0, 0.1) is 18.3 Å². The van der Waals surface area contributed by atoms with Crippen LogP contribution in [-0.4, -0.2) is 30.9 Å². The lowest BCUT2D eigenvalue weighted by molar-refractivity contribution is 0.575. The Morgan fingerprint density at radius 3 is 2.68 bits per heavy atom. The molecule has 0 radical (unpaired) electrons. The van der Waals surface area contributed by atoms with Gasteiger partial charge in [-0.1, -0.05) is 17.7 Å². The van der Waals surface area contributed by atoms with Crippen molar-refractivity contribution in [3.05, 3.63) is 35.5 Å². The van der Waals surface area contributed by atoms with E-state index in [0.29, 0.717) is 12.3 Å². The van der Waals surface area contributed by atoms with Crippen molar-refractivity contribution in [2.45, 2.75) is 19.4 Å². The van der Waals surface area contributed by atoms with Crippen LogP contribution in [0.4, 0.5) is 5.88 Å². The molecule has 2 aromatic rings. The topological polar surface area (TPSA) is 96.0 Å². The molecular weight excluding hydrogens is 302 g/mol. The fourth-order valence-corrected chi connectivity index (χ4v) is 4.08. The predicted molar refractivity (Wildman–Crippen MR) is 82.1 cm³/mol. The number of aryl methyl sites for hydroxylation is 1. The molecule has 2 heterocycles. The van der Waals surface area contributed by atoms with Crippen molar-refractivity contribution >= 4 is 15.7 Å². The van der Waals surface area contributed by atoms with Gasteiger partial charge in [0.2, 0.25) is 17.5 Å². The molecule has 1 fully saturated rings. The van der Waals surface area contributed by atoms with Gasteiger partial charge in [0.1, 0.15) is 6.07 Å². The maximum atomic E-state index is 11.5. The van der Waals surface area contributed by atoms with Gasteiger partial charge < -0.3 is 9.73 Å². The minimum Gasteiger partial charge on any atom is -0.419 e. The Hall–Kier alpha value is -2.33. The SMILES string of the molecule is Cc1ccc(-c2nc(C#N)c(N[C@H]3CCS(=O)(=O)C3)o2)cc1. The Labute approximate surface area is 128 Å². The van der Waals surface area contributed by atoms with Gasteiger partial charge in [-0.15, -0.1) is 0 Å². The second kappa shape index (κ2) is 5.46. The van der Waals surface area contributed by atoms with Crippen LogP contribution in [-0.2, 0) is 9.84 Å². The number of rotatable bonds is 3. The Morgan fingerprint density at radius 1 is 1.36 bits per heavy atom. The molecule has 0 amide bonds.